The van der Waals surface area contributed by atoms with Crippen molar-refractivity contribution < 1.29 is 0 Å². The average molecular weight is 1380 g/mol. The summed E-state index contributed by atoms with van der Waals surface area (Å²) in [4.78, 5) is 2.43. The predicted molar refractivity (Wildman–Crippen MR) is 439 cm³/mol. The van der Waals surface area contributed by atoms with Gasteiger partial charge in [0.2, 0.25) is 0 Å². The molecule has 0 aromatic heterocycles. The second kappa shape index (κ2) is 24.3. The standard InChI is InChI=1S/C51H47N.C29H25Cl.C22H23N/c1-49(2,3)38-20-24-40(25-21-38)52(46-16-10-8-13-41(46)36-11-5-4-6-12-36)39-22-17-35(18-23-39)37-19-26-45-43(30-37)42-14-7-9-15-44(42)51(45)47-28-33-27-34-29-48(51)50(47,31-33)32-34;30-21-8-5-19(6-9-21)20-7-10-25-23(14-20)22-3-1-2-4-24(22)29(25)26-12-17-11-18-13-27(29)28(26,15-17)16-18;1-22(2,3)18-13-15-19(16-14-18)23-21-12-8-7-11-20(21)17-9-5-4-6-10-17/h4-26,30,33-34,47-48H,27-29,31-32H2,1-3H3;1-10,14,17-18,26-27H,11-13,15-16H2;4-16,23H,1-3H3. The van der Waals surface area contributed by atoms with Crippen LogP contribution in [-0.4, -0.2) is 0 Å². The van der Waals surface area contributed by atoms with Crippen LogP contribution in [-0.2, 0) is 21.7 Å². The lowest BCUT2D eigenvalue weighted by molar-refractivity contribution is -0.0820. The summed E-state index contributed by atoms with van der Waals surface area (Å²) in [5.41, 5.74) is 33.2. The molecule has 1 N–H and O–H groups in total. The van der Waals surface area contributed by atoms with Crippen LogP contribution < -0.4 is 10.2 Å². The molecule has 2 nitrogen and oxygen atoms in total. The van der Waals surface area contributed by atoms with Gasteiger partial charge in [0.1, 0.15) is 0 Å². The maximum absolute atomic E-state index is 6.14. The number of hydrogen-bond acceptors (Lipinski definition) is 2. The highest BCUT2D eigenvalue weighted by molar-refractivity contribution is 6.30. The predicted octanol–water partition coefficient (Wildman–Crippen LogP) is 27.6. The molecule has 0 aliphatic heterocycles. The minimum Gasteiger partial charge on any atom is -0.355 e. The Bertz CT molecular complexity index is 5280. The quantitative estimate of drug-likeness (QED) is 0.155. The number of anilines is 5. The number of rotatable bonds is 9. The van der Waals surface area contributed by atoms with Gasteiger partial charge >= 0.3 is 0 Å². The fraction of sp³-hybridized carbons (Fsp3) is 0.294. The van der Waals surface area contributed by atoms with Gasteiger partial charge in [0, 0.05) is 49.7 Å². The molecule has 0 radical (unpaired) electrons. The van der Waals surface area contributed by atoms with E-state index in [2.05, 4.69) is 325 Å². The molecule has 22 rings (SSSR count). The summed E-state index contributed by atoms with van der Waals surface area (Å²) in [5, 5.41) is 4.35. The van der Waals surface area contributed by atoms with Crippen molar-refractivity contribution in [3.05, 3.63) is 330 Å². The molecule has 8 atom stereocenters. The molecule has 8 fully saturated rings. The van der Waals surface area contributed by atoms with Gasteiger partial charge in [-0.15, -0.1) is 0 Å². The fourth-order valence-corrected chi connectivity index (χ4v) is 24.9. The van der Waals surface area contributed by atoms with Crippen LogP contribution >= 0.6 is 11.6 Å². The number of hydrogen-bond donors (Lipinski definition) is 1. The van der Waals surface area contributed by atoms with Gasteiger partial charge in [0.15, 0.2) is 0 Å². The third kappa shape index (κ3) is 10.00. The maximum Gasteiger partial charge on any atom is 0.0540 e. The molecule has 10 aliphatic carbocycles. The molecule has 4 spiro atoms. The van der Waals surface area contributed by atoms with Crippen LogP contribution in [0.1, 0.15) is 139 Å². The minimum atomic E-state index is 0.0965. The average Bonchev–Trinajstić information content (AvgIpc) is 1.47. The molecule has 12 aromatic carbocycles. The van der Waals surface area contributed by atoms with Crippen LogP contribution in [0.3, 0.4) is 0 Å². The number of nitrogens with zero attached hydrogens (tertiary/aromatic N) is 1. The molecule has 8 unspecified atom stereocenters. The Hall–Kier alpha value is -9.47. The first-order chi connectivity index (χ1) is 51.1. The van der Waals surface area contributed by atoms with Crippen molar-refractivity contribution >= 4 is 40.0 Å². The van der Waals surface area contributed by atoms with Crippen molar-refractivity contribution in [1.82, 2.24) is 0 Å². The molecule has 3 heteroatoms. The maximum atomic E-state index is 6.14. The Morgan fingerprint density at radius 2 is 0.676 bits per heavy atom. The molecule has 0 amide bonds. The molecule has 0 heterocycles. The lowest BCUT2D eigenvalue weighted by atomic mass is 9.38. The summed E-state index contributed by atoms with van der Waals surface area (Å²) in [5.74, 6) is 7.35. The topological polar surface area (TPSA) is 15.3 Å². The third-order valence-electron chi connectivity index (χ3n) is 28.4. The van der Waals surface area contributed by atoms with Gasteiger partial charge in [0.25, 0.3) is 0 Å². The molecular weight excluding hydrogens is 1290 g/mol. The largest absolute Gasteiger partial charge is 0.355 e. The lowest BCUT2D eigenvalue weighted by Gasteiger charge is -2.64. The normalized spacial score (nSPS) is 27.0. The SMILES string of the molecule is CC(C)(C)c1ccc(N(c2ccc(-c3ccc4c(c3)-c3ccccc3C43C4CC5CC6CC3C4(C5)C6)cc2)c2ccccc2-c2ccccc2)cc1.CC(C)(C)c1ccc(Nc2ccccc2-c2ccccc2)cc1.Clc1ccc(-c2ccc3c(c2)-c2ccccc2C32C3CC4CC5CC2C3(C4)C5)cc1. The Morgan fingerprint density at radius 1 is 0.314 bits per heavy atom. The summed E-state index contributed by atoms with van der Waals surface area (Å²) in [6.45, 7) is 13.6. The molecule has 8 saturated carbocycles. The number of fused-ring (bicyclic) bond motifs is 18. The molecule has 105 heavy (non-hydrogen) atoms. The second-order valence-corrected chi connectivity index (χ2v) is 36.1. The van der Waals surface area contributed by atoms with Gasteiger partial charge in [-0.05, 0) is 295 Å². The van der Waals surface area contributed by atoms with E-state index in [0.717, 1.165) is 75.1 Å². The van der Waals surface area contributed by atoms with Crippen LogP contribution in [0, 0.1) is 58.2 Å². The summed E-state index contributed by atoms with van der Waals surface area (Å²) >= 11 is 6.14. The Labute approximate surface area is 628 Å². The van der Waals surface area contributed by atoms with Crippen LogP contribution in [0.4, 0.5) is 28.4 Å². The molecule has 6 bridgehead atoms. The van der Waals surface area contributed by atoms with Crippen molar-refractivity contribution in [1.29, 1.82) is 0 Å². The zero-order chi connectivity index (χ0) is 70.8. The van der Waals surface area contributed by atoms with Gasteiger partial charge in [0.05, 0.1) is 5.69 Å². The summed E-state index contributed by atoms with van der Waals surface area (Å²) in [6, 6.07) is 108. The van der Waals surface area contributed by atoms with E-state index in [1.807, 2.05) is 18.2 Å². The highest BCUT2D eigenvalue weighted by atomic mass is 35.5. The van der Waals surface area contributed by atoms with E-state index >= 15 is 0 Å². The van der Waals surface area contributed by atoms with Crippen molar-refractivity contribution in [3.8, 4) is 66.8 Å². The first kappa shape index (κ1) is 65.1. The van der Waals surface area contributed by atoms with Gasteiger partial charge < -0.3 is 10.2 Å². The smallest absolute Gasteiger partial charge is 0.0540 e. The van der Waals surface area contributed by atoms with Crippen molar-refractivity contribution in [2.24, 2.45) is 58.2 Å². The second-order valence-electron chi connectivity index (χ2n) is 35.7. The fourth-order valence-electron chi connectivity index (χ4n) is 24.8. The van der Waals surface area contributed by atoms with E-state index in [1.54, 1.807) is 22.3 Å². The van der Waals surface area contributed by atoms with E-state index in [4.69, 9.17) is 11.6 Å². The molecule has 0 saturated heterocycles. The van der Waals surface area contributed by atoms with E-state index in [-0.39, 0.29) is 16.2 Å². The van der Waals surface area contributed by atoms with E-state index < -0.39 is 0 Å². The third-order valence-corrected chi connectivity index (χ3v) is 28.7. The summed E-state index contributed by atoms with van der Waals surface area (Å²) in [6.07, 6.45) is 15.0. The van der Waals surface area contributed by atoms with Gasteiger partial charge in [-0.25, -0.2) is 0 Å². The number of para-hydroxylation sites is 2. The number of benzene rings is 12. The van der Waals surface area contributed by atoms with Crippen LogP contribution in [0.2, 0.25) is 5.02 Å². The van der Waals surface area contributed by atoms with Crippen LogP contribution in [0.5, 0.6) is 0 Å². The highest BCUT2D eigenvalue weighted by Gasteiger charge is 2.81. The van der Waals surface area contributed by atoms with Gasteiger partial charge in [-0.1, -0.05) is 272 Å². The first-order valence-electron chi connectivity index (χ1n) is 39.5. The first-order valence-corrected chi connectivity index (χ1v) is 39.9. The lowest BCUT2D eigenvalue weighted by Crippen LogP contribution is -2.62. The van der Waals surface area contributed by atoms with Crippen molar-refractivity contribution in [3.63, 3.8) is 0 Å². The van der Waals surface area contributed by atoms with Gasteiger partial charge in [-0.2, -0.15) is 0 Å². The molecule has 10 aliphatic rings. The number of halogens is 1. The summed E-state index contributed by atoms with van der Waals surface area (Å²) in [7, 11) is 0. The molecule has 520 valence electrons. The van der Waals surface area contributed by atoms with Gasteiger partial charge in [-0.3, -0.25) is 0 Å². The van der Waals surface area contributed by atoms with E-state index in [9.17, 15) is 0 Å². The zero-order valence-corrected chi connectivity index (χ0v) is 62.5. The molecule has 12 aromatic rings. The summed E-state index contributed by atoms with van der Waals surface area (Å²) < 4.78 is 0. The minimum absolute atomic E-state index is 0.0965. The van der Waals surface area contributed by atoms with Crippen LogP contribution in [0.15, 0.2) is 291 Å². The zero-order valence-electron chi connectivity index (χ0n) is 61.7. The Balaban J connectivity index is 0.000000116. The monoisotopic (exact) mass is 1380 g/mol. The Kier molecular flexibility index (Phi) is 15.1. The highest BCUT2D eigenvalue weighted by Crippen LogP contribution is 2.87. The Morgan fingerprint density at radius 3 is 1.14 bits per heavy atom. The molecular formula is C102H95ClN2. The van der Waals surface area contributed by atoms with Crippen molar-refractivity contribution in [2.75, 3.05) is 10.2 Å². The number of nitrogens with one attached hydrogen (secondary N) is 1. The van der Waals surface area contributed by atoms with Crippen molar-refractivity contribution in [2.45, 2.75) is 127 Å². The van der Waals surface area contributed by atoms with E-state index in [0.29, 0.717) is 16.2 Å². The van der Waals surface area contributed by atoms with E-state index in [1.165, 1.54) is 148 Å². The van der Waals surface area contributed by atoms with Crippen LogP contribution in [0.25, 0.3) is 66.8 Å².